The van der Waals surface area contributed by atoms with Gasteiger partial charge in [-0.25, -0.2) is 4.79 Å². The van der Waals surface area contributed by atoms with E-state index in [2.05, 4.69) is 0 Å². The van der Waals surface area contributed by atoms with Crippen molar-refractivity contribution in [2.45, 2.75) is 50.0 Å². The molecule has 11 heteroatoms. The number of para-hydroxylation sites is 1. The van der Waals surface area contributed by atoms with E-state index in [0.29, 0.717) is 5.56 Å². The number of fused-ring (bicyclic) bond motifs is 1. The van der Waals surface area contributed by atoms with Crippen LogP contribution in [0.3, 0.4) is 0 Å². The van der Waals surface area contributed by atoms with Gasteiger partial charge in [0, 0.05) is 0 Å². The molecule has 3 aliphatic rings. The second kappa shape index (κ2) is 10.2. The Morgan fingerprint density at radius 1 is 0.857 bits per heavy atom. The Morgan fingerprint density at radius 2 is 1.52 bits per heavy atom. The van der Waals surface area contributed by atoms with Gasteiger partial charge in [0.2, 0.25) is 0 Å². The van der Waals surface area contributed by atoms with Crippen LogP contribution in [-0.2, 0) is 35.6 Å². The summed E-state index contributed by atoms with van der Waals surface area (Å²) in [7, 11) is 0. The van der Waals surface area contributed by atoms with Crippen molar-refractivity contribution in [1.29, 1.82) is 0 Å². The second-order valence-electron chi connectivity index (χ2n) is 10.8. The van der Waals surface area contributed by atoms with E-state index in [4.69, 9.17) is 23.7 Å². The number of hydrogen-bond acceptors (Lipinski definition) is 8. The molecule has 3 saturated heterocycles. The topological polar surface area (TPSA) is 97.4 Å². The zero-order valence-electron chi connectivity index (χ0n) is 22.4. The fraction of sp³-hybridized carbons (Fsp3) is 0.323. The Hall–Kier alpha value is -4.38. The van der Waals surface area contributed by atoms with Crippen molar-refractivity contribution in [2.24, 2.45) is 11.8 Å². The van der Waals surface area contributed by atoms with Gasteiger partial charge in [0.25, 0.3) is 0 Å². The fourth-order valence-electron chi connectivity index (χ4n) is 5.74. The first-order valence-corrected chi connectivity index (χ1v) is 13.2. The van der Waals surface area contributed by atoms with Crippen molar-refractivity contribution >= 4 is 17.9 Å². The predicted molar refractivity (Wildman–Crippen MR) is 138 cm³/mol. The fourth-order valence-corrected chi connectivity index (χ4v) is 5.74. The van der Waals surface area contributed by atoms with Crippen LogP contribution in [0.1, 0.15) is 35.3 Å². The number of esters is 3. The van der Waals surface area contributed by atoms with Crippen LogP contribution < -0.4 is 9.47 Å². The van der Waals surface area contributed by atoms with Gasteiger partial charge >= 0.3 is 24.1 Å². The lowest BCUT2D eigenvalue weighted by molar-refractivity contribution is -0.149. The third-order valence-electron chi connectivity index (χ3n) is 7.74. The maximum Gasteiger partial charge on any atom is 0.419 e. The number of carbonyl (C=O) groups is 3. The molecule has 6 unspecified atom stereocenters. The molecule has 3 heterocycles. The molecular weight excluding hydrogens is 557 g/mol. The number of halogens is 3. The minimum absolute atomic E-state index is 0.228. The van der Waals surface area contributed by atoms with Gasteiger partial charge in [-0.05, 0) is 49.7 Å². The van der Waals surface area contributed by atoms with E-state index < -0.39 is 77.2 Å². The smallest absolute Gasteiger partial charge is 0.419 e. The molecule has 3 aliphatic heterocycles. The summed E-state index contributed by atoms with van der Waals surface area (Å²) < 4.78 is 69.9. The van der Waals surface area contributed by atoms with Gasteiger partial charge in [-0.1, -0.05) is 48.5 Å². The molecule has 42 heavy (non-hydrogen) atoms. The van der Waals surface area contributed by atoms with Crippen LogP contribution in [-0.4, -0.2) is 42.3 Å². The maximum atomic E-state index is 13.9. The molecule has 0 amide bonds. The van der Waals surface area contributed by atoms with Crippen LogP contribution in [0.25, 0.3) is 0 Å². The van der Waals surface area contributed by atoms with Gasteiger partial charge < -0.3 is 23.7 Å². The van der Waals surface area contributed by atoms with Crippen molar-refractivity contribution in [3.8, 4) is 11.5 Å². The van der Waals surface area contributed by atoms with Crippen LogP contribution in [0.2, 0.25) is 0 Å². The summed E-state index contributed by atoms with van der Waals surface area (Å²) >= 11 is 0. The zero-order chi connectivity index (χ0) is 29.8. The molecular formula is C31H25F3O8. The van der Waals surface area contributed by atoms with Crippen molar-refractivity contribution in [1.82, 2.24) is 0 Å². The number of alkyl halides is 3. The molecule has 3 fully saturated rings. The van der Waals surface area contributed by atoms with E-state index in [1.807, 2.05) is 0 Å². The van der Waals surface area contributed by atoms with E-state index in [1.165, 1.54) is 0 Å². The lowest BCUT2D eigenvalue weighted by Gasteiger charge is -2.29. The molecule has 0 saturated carbocycles. The van der Waals surface area contributed by atoms with Gasteiger partial charge in [-0.15, -0.1) is 0 Å². The molecule has 0 spiro atoms. The van der Waals surface area contributed by atoms with Crippen LogP contribution in [0, 0.1) is 11.8 Å². The van der Waals surface area contributed by atoms with Crippen molar-refractivity contribution in [2.75, 3.05) is 0 Å². The molecule has 0 aliphatic carbocycles. The minimum Gasteiger partial charge on any atom is -0.483 e. The molecule has 6 rings (SSSR count). The molecule has 0 aromatic heterocycles. The molecule has 3 aromatic carbocycles. The monoisotopic (exact) mass is 582 g/mol. The summed E-state index contributed by atoms with van der Waals surface area (Å²) in [6.07, 6.45) is -8.77. The van der Waals surface area contributed by atoms with Crippen molar-refractivity contribution in [3.05, 3.63) is 95.6 Å². The zero-order valence-corrected chi connectivity index (χ0v) is 22.4. The Kier molecular flexibility index (Phi) is 6.72. The first-order chi connectivity index (χ1) is 19.9. The number of benzene rings is 3. The van der Waals surface area contributed by atoms with E-state index in [-0.39, 0.29) is 11.3 Å². The van der Waals surface area contributed by atoms with E-state index in [0.717, 1.165) is 18.2 Å². The van der Waals surface area contributed by atoms with Gasteiger partial charge in [-0.2, -0.15) is 13.2 Å². The maximum absolute atomic E-state index is 13.9. The largest absolute Gasteiger partial charge is 0.483 e. The van der Waals surface area contributed by atoms with E-state index in [1.54, 1.807) is 74.5 Å². The number of carbonyl (C=O) groups excluding carboxylic acids is 3. The average Bonchev–Trinajstić information content (AvgIpc) is 3.57. The summed E-state index contributed by atoms with van der Waals surface area (Å²) in [6.45, 7) is 3.22. The van der Waals surface area contributed by atoms with Gasteiger partial charge in [0.05, 0.1) is 11.1 Å². The summed E-state index contributed by atoms with van der Waals surface area (Å²) in [4.78, 5) is 39.0. The highest BCUT2D eigenvalue weighted by molar-refractivity contribution is 5.91. The predicted octanol–water partition coefficient (Wildman–Crippen LogP) is 5.09. The Morgan fingerprint density at radius 3 is 2.19 bits per heavy atom. The van der Waals surface area contributed by atoms with Gasteiger partial charge in [0.15, 0.2) is 12.2 Å². The van der Waals surface area contributed by atoms with Crippen molar-refractivity contribution < 1.29 is 51.2 Å². The third-order valence-corrected chi connectivity index (χ3v) is 7.74. The highest BCUT2D eigenvalue weighted by atomic mass is 19.4. The third kappa shape index (κ3) is 4.87. The quantitative estimate of drug-likeness (QED) is 0.281. The van der Waals surface area contributed by atoms with E-state index in [9.17, 15) is 27.6 Å². The lowest BCUT2D eigenvalue weighted by Crippen LogP contribution is -2.48. The number of ether oxygens (including phenoxy) is 5. The SMILES string of the molecule is CC(C)(Oc1cc(C(=O)OC2C3OC(=O)C4C3OC2C4C(=O)Oc2ccccc2)ccc1C(F)(F)F)c1ccccc1. The molecule has 6 atom stereocenters. The normalized spacial score (nSPS) is 26.1. The minimum atomic E-state index is -4.76. The summed E-state index contributed by atoms with van der Waals surface area (Å²) in [6, 6.07) is 19.6. The molecule has 0 radical (unpaired) electrons. The van der Waals surface area contributed by atoms with Crippen LogP contribution >= 0.6 is 0 Å². The summed E-state index contributed by atoms with van der Waals surface area (Å²) in [5.41, 5.74) is -1.85. The molecule has 8 nitrogen and oxygen atoms in total. The highest BCUT2D eigenvalue weighted by Gasteiger charge is 2.72. The number of hydrogen-bond donors (Lipinski definition) is 0. The summed E-state index contributed by atoms with van der Waals surface area (Å²) in [5.74, 6) is -4.74. The molecule has 218 valence electrons. The van der Waals surface area contributed by atoms with Crippen LogP contribution in [0.15, 0.2) is 78.9 Å². The first kappa shape index (κ1) is 27.8. The molecule has 2 bridgehead atoms. The van der Waals surface area contributed by atoms with Gasteiger partial charge in [0.1, 0.15) is 41.1 Å². The highest BCUT2D eigenvalue weighted by Crippen LogP contribution is 2.51. The van der Waals surface area contributed by atoms with Gasteiger partial charge in [-0.3, -0.25) is 9.59 Å². The average molecular weight is 583 g/mol. The van der Waals surface area contributed by atoms with Crippen LogP contribution in [0.5, 0.6) is 11.5 Å². The standard InChI is InChI=1S/C31H25F3O8/c1-30(2,17-9-5-3-6-10-17)42-20-15-16(13-14-19(20)31(32,33)34)27(35)40-25-23-21(22-24(39-23)26(25)41-29(22)37)28(36)38-18-11-7-4-8-12-18/h3-15,21-26H,1-2H3. The second-order valence-corrected chi connectivity index (χ2v) is 10.8. The Bertz CT molecular complexity index is 1520. The molecule has 3 aromatic rings. The molecule has 0 N–H and O–H groups in total. The Labute approximate surface area is 238 Å². The van der Waals surface area contributed by atoms with Crippen molar-refractivity contribution in [3.63, 3.8) is 0 Å². The Balaban J connectivity index is 1.25. The first-order valence-electron chi connectivity index (χ1n) is 13.2. The number of rotatable bonds is 7. The van der Waals surface area contributed by atoms with E-state index >= 15 is 0 Å². The lowest BCUT2D eigenvalue weighted by atomic mass is 9.78. The summed E-state index contributed by atoms with van der Waals surface area (Å²) in [5, 5.41) is 0. The van der Waals surface area contributed by atoms with Crippen LogP contribution in [0.4, 0.5) is 13.2 Å².